The van der Waals surface area contributed by atoms with Crippen LogP contribution in [0, 0.1) is 5.41 Å². The number of nitrogens with zero attached hydrogens (tertiary/aromatic N) is 1. The Kier molecular flexibility index (Phi) is 3.65. The predicted octanol–water partition coefficient (Wildman–Crippen LogP) is 4.54. The summed E-state index contributed by atoms with van der Waals surface area (Å²) in [5, 5.41) is 11.3. The molecule has 20 heavy (non-hydrogen) atoms. The zero-order valence-corrected chi connectivity index (χ0v) is 13.6. The summed E-state index contributed by atoms with van der Waals surface area (Å²) in [5.41, 5.74) is 2.37. The third-order valence-electron chi connectivity index (χ3n) is 3.76. The summed E-state index contributed by atoms with van der Waals surface area (Å²) in [6.45, 7) is 4.40. The molecule has 0 saturated heterocycles. The standard InChI is InChI=1S/C16H19NOS2/c1-16(2)8-12-14(13(18)9-16)20-15(17-12)10-4-6-11(19-3)7-5-10/h4-7,13,18H,8-9H2,1-3H3. The van der Waals surface area contributed by atoms with Gasteiger partial charge >= 0.3 is 0 Å². The topological polar surface area (TPSA) is 33.1 Å². The van der Waals surface area contributed by atoms with E-state index in [0.717, 1.165) is 34.0 Å². The van der Waals surface area contributed by atoms with Crippen LogP contribution in [0.25, 0.3) is 10.6 Å². The van der Waals surface area contributed by atoms with Gasteiger partial charge in [-0.3, -0.25) is 0 Å². The van der Waals surface area contributed by atoms with Crippen molar-refractivity contribution in [3.63, 3.8) is 0 Å². The van der Waals surface area contributed by atoms with Gasteiger partial charge in [0.15, 0.2) is 0 Å². The van der Waals surface area contributed by atoms with E-state index in [1.807, 2.05) is 0 Å². The Morgan fingerprint density at radius 2 is 2.00 bits per heavy atom. The van der Waals surface area contributed by atoms with Crippen LogP contribution >= 0.6 is 23.1 Å². The fourth-order valence-electron chi connectivity index (χ4n) is 2.75. The number of hydrogen-bond acceptors (Lipinski definition) is 4. The van der Waals surface area contributed by atoms with Crippen molar-refractivity contribution in [2.24, 2.45) is 5.41 Å². The first-order chi connectivity index (χ1) is 9.48. The minimum atomic E-state index is -0.356. The maximum atomic E-state index is 10.3. The molecule has 1 aliphatic carbocycles. The molecule has 2 aromatic rings. The zero-order valence-electron chi connectivity index (χ0n) is 12.0. The summed E-state index contributed by atoms with van der Waals surface area (Å²) in [7, 11) is 0. The minimum Gasteiger partial charge on any atom is -0.387 e. The van der Waals surface area contributed by atoms with E-state index in [1.165, 1.54) is 4.90 Å². The number of hydrogen-bond donors (Lipinski definition) is 1. The molecule has 1 aromatic carbocycles. The molecule has 1 atom stereocenters. The molecule has 0 bridgehead atoms. The molecular formula is C16H19NOS2. The van der Waals surface area contributed by atoms with Crippen molar-refractivity contribution in [1.29, 1.82) is 0 Å². The van der Waals surface area contributed by atoms with Crippen LogP contribution < -0.4 is 0 Å². The van der Waals surface area contributed by atoms with Gasteiger partial charge in [0.2, 0.25) is 0 Å². The van der Waals surface area contributed by atoms with E-state index in [4.69, 9.17) is 4.98 Å². The quantitative estimate of drug-likeness (QED) is 0.827. The first-order valence-electron chi connectivity index (χ1n) is 6.80. The first-order valence-corrected chi connectivity index (χ1v) is 8.85. The van der Waals surface area contributed by atoms with Gasteiger partial charge in [-0.15, -0.1) is 23.1 Å². The Morgan fingerprint density at radius 3 is 2.65 bits per heavy atom. The smallest absolute Gasteiger partial charge is 0.123 e. The van der Waals surface area contributed by atoms with Crippen LogP contribution in [0.5, 0.6) is 0 Å². The molecular weight excluding hydrogens is 286 g/mol. The van der Waals surface area contributed by atoms with Crippen LogP contribution in [-0.2, 0) is 6.42 Å². The Balaban J connectivity index is 1.96. The van der Waals surface area contributed by atoms with Gasteiger partial charge in [0.25, 0.3) is 0 Å². The Hall–Kier alpha value is -0.840. The summed E-state index contributed by atoms with van der Waals surface area (Å²) in [6, 6.07) is 8.49. The van der Waals surface area contributed by atoms with Crippen molar-refractivity contribution in [1.82, 2.24) is 4.98 Å². The molecule has 4 heteroatoms. The maximum absolute atomic E-state index is 10.3. The van der Waals surface area contributed by atoms with Gasteiger partial charge < -0.3 is 5.11 Å². The largest absolute Gasteiger partial charge is 0.387 e. The van der Waals surface area contributed by atoms with Gasteiger partial charge in [-0.05, 0) is 36.6 Å². The van der Waals surface area contributed by atoms with Crippen LogP contribution in [0.1, 0.15) is 36.9 Å². The predicted molar refractivity (Wildman–Crippen MR) is 86.4 cm³/mol. The molecule has 1 aromatic heterocycles. The van der Waals surface area contributed by atoms with E-state index >= 15 is 0 Å². The van der Waals surface area contributed by atoms with Gasteiger partial charge in [-0.25, -0.2) is 4.98 Å². The molecule has 2 nitrogen and oxygen atoms in total. The molecule has 3 rings (SSSR count). The van der Waals surface area contributed by atoms with Crippen LogP contribution in [0.15, 0.2) is 29.2 Å². The maximum Gasteiger partial charge on any atom is 0.123 e. The molecule has 1 aliphatic rings. The highest BCUT2D eigenvalue weighted by molar-refractivity contribution is 7.98. The lowest BCUT2D eigenvalue weighted by Crippen LogP contribution is -2.24. The molecule has 0 amide bonds. The van der Waals surface area contributed by atoms with E-state index in [1.54, 1.807) is 23.1 Å². The van der Waals surface area contributed by atoms with Crippen LogP contribution in [0.2, 0.25) is 0 Å². The lowest BCUT2D eigenvalue weighted by atomic mass is 9.77. The highest BCUT2D eigenvalue weighted by atomic mass is 32.2. The van der Waals surface area contributed by atoms with Crippen molar-refractivity contribution in [2.45, 2.75) is 37.7 Å². The molecule has 0 spiro atoms. The lowest BCUT2D eigenvalue weighted by molar-refractivity contribution is 0.102. The van der Waals surface area contributed by atoms with Gasteiger partial charge in [-0.1, -0.05) is 26.0 Å². The van der Waals surface area contributed by atoms with E-state index in [9.17, 15) is 5.11 Å². The fourth-order valence-corrected chi connectivity index (χ4v) is 4.23. The number of benzene rings is 1. The number of aromatic nitrogens is 1. The number of fused-ring (bicyclic) bond motifs is 1. The van der Waals surface area contributed by atoms with Crippen molar-refractivity contribution in [2.75, 3.05) is 6.26 Å². The number of aliphatic hydroxyl groups excluding tert-OH is 1. The number of thiazole rings is 1. The van der Waals surface area contributed by atoms with Crippen molar-refractivity contribution in [3.05, 3.63) is 34.8 Å². The summed E-state index contributed by atoms with van der Waals surface area (Å²) in [4.78, 5) is 7.10. The summed E-state index contributed by atoms with van der Waals surface area (Å²) in [6.07, 6.45) is 3.51. The number of aliphatic hydroxyl groups is 1. The minimum absolute atomic E-state index is 0.139. The number of rotatable bonds is 2. The fraction of sp³-hybridized carbons (Fsp3) is 0.438. The molecule has 0 aliphatic heterocycles. The third kappa shape index (κ3) is 2.65. The molecule has 0 saturated carbocycles. The molecule has 106 valence electrons. The SMILES string of the molecule is CSc1ccc(-c2nc3c(s2)C(O)CC(C)(C)C3)cc1. The zero-order chi connectivity index (χ0) is 14.3. The van der Waals surface area contributed by atoms with Gasteiger partial charge in [0.05, 0.1) is 16.7 Å². The summed E-state index contributed by atoms with van der Waals surface area (Å²) in [5.74, 6) is 0. The van der Waals surface area contributed by atoms with E-state index in [2.05, 4.69) is 44.4 Å². The van der Waals surface area contributed by atoms with Crippen LogP contribution in [0.4, 0.5) is 0 Å². The average molecular weight is 305 g/mol. The Labute approximate surface area is 128 Å². The highest BCUT2D eigenvalue weighted by Crippen LogP contribution is 2.44. The third-order valence-corrected chi connectivity index (χ3v) is 5.75. The first kappa shape index (κ1) is 14.1. The average Bonchev–Trinajstić information content (AvgIpc) is 2.81. The Bertz CT molecular complexity index is 616. The molecule has 1 unspecified atom stereocenters. The lowest BCUT2D eigenvalue weighted by Gasteiger charge is -2.31. The highest BCUT2D eigenvalue weighted by Gasteiger charge is 2.34. The Morgan fingerprint density at radius 1 is 1.30 bits per heavy atom. The second-order valence-corrected chi connectivity index (χ2v) is 8.03. The van der Waals surface area contributed by atoms with Crippen LogP contribution in [0.3, 0.4) is 0 Å². The molecule has 0 radical (unpaired) electrons. The van der Waals surface area contributed by atoms with Gasteiger partial charge in [-0.2, -0.15) is 0 Å². The summed E-state index contributed by atoms with van der Waals surface area (Å²) < 4.78 is 0. The second kappa shape index (κ2) is 5.17. The monoisotopic (exact) mass is 305 g/mol. The summed E-state index contributed by atoms with van der Waals surface area (Å²) >= 11 is 3.39. The van der Waals surface area contributed by atoms with E-state index < -0.39 is 0 Å². The van der Waals surface area contributed by atoms with Crippen LogP contribution in [-0.4, -0.2) is 16.3 Å². The normalized spacial score (nSPS) is 20.7. The van der Waals surface area contributed by atoms with E-state index in [-0.39, 0.29) is 11.5 Å². The van der Waals surface area contributed by atoms with Crippen molar-refractivity contribution >= 4 is 23.1 Å². The van der Waals surface area contributed by atoms with E-state index in [0.29, 0.717) is 0 Å². The number of thioether (sulfide) groups is 1. The molecule has 1 heterocycles. The van der Waals surface area contributed by atoms with Crippen molar-refractivity contribution < 1.29 is 5.11 Å². The van der Waals surface area contributed by atoms with Gasteiger partial charge in [0.1, 0.15) is 5.01 Å². The second-order valence-electron chi connectivity index (χ2n) is 6.12. The van der Waals surface area contributed by atoms with Gasteiger partial charge in [0, 0.05) is 10.5 Å². The molecule has 0 fully saturated rings. The molecule has 1 N–H and O–H groups in total. The van der Waals surface area contributed by atoms with Crippen molar-refractivity contribution in [3.8, 4) is 10.6 Å².